The number of morpholine rings is 1. The molecule has 0 aromatic carbocycles. The Morgan fingerprint density at radius 3 is 2.86 bits per heavy atom. The van der Waals surface area contributed by atoms with Crippen LogP contribution in [-0.4, -0.2) is 54.3 Å². The number of carbonyl (C=O) groups is 1. The molecule has 0 saturated carbocycles. The van der Waals surface area contributed by atoms with Gasteiger partial charge in [0.15, 0.2) is 0 Å². The molecule has 1 saturated heterocycles. The average Bonchev–Trinajstić information content (AvgIpc) is 2.36. The highest BCUT2D eigenvalue weighted by Crippen LogP contribution is 2.22. The Balaban J connectivity index is 2.23. The van der Waals surface area contributed by atoms with E-state index in [1.165, 1.54) is 0 Å². The number of pyridine rings is 1. The third-order valence-electron chi connectivity index (χ3n) is 3.41. The van der Waals surface area contributed by atoms with Crippen LogP contribution in [0, 0.1) is 6.92 Å². The number of nitrogens with zero attached hydrogens (tertiary/aromatic N) is 1. The summed E-state index contributed by atoms with van der Waals surface area (Å²) in [5.74, 6) is -0.270. The summed E-state index contributed by atoms with van der Waals surface area (Å²) in [6, 6.07) is 3.30. The maximum absolute atomic E-state index is 12.6. The van der Waals surface area contributed by atoms with Gasteiger partial charge in [-0.2, -0.15) is 0 Å². The van der Waals surface area contributed by atoms with Crippen LogP contribution >= 0.6 is 0 Å². The number of hydrogen-bond donors (Lipinski definition) is 1. The summed E-state index contributed by atoms with van der Waals surface area (Å²) in [4.78, 5) is 28.8. The van der Waals surface area contributed by atoms with E-state index in [4.69, 9.17) is 9.47 Å². The van der Waals surface area contributed by atoms with Gasteiger partial charge >= 0.3 is 0 Å². The lowest BCUT2D eigenvalue weighted by Gasteiger charge is -2.42. The van der Waals surface area contributed by atoms with Crippen molar-refractivity contribution in [2.75, 3.05) is 26.8 Å². The minimum atomic E-state index is -0.464. The summed E-state index contributed by atoms with van der Waals surface area (Å²) in [5.41, 5.74) is 0.0763. The van der Waals surface area contributed by atoms with Crippen LogP contribution in [0.1, 0.15) is 29.9 Å². The van der Waals surface area contributed by atoms with Crippen LogP contribution in [0.25, 0.3) is 0 Å². The summed E-state index contributed by atoms with van der Waals surface area (Å²) in [6.45, 7) is 6.91. The third-order valence-corrected chi connectivity index (χ3v) is 3.41. The number of ether oxygens (including phenoxy) is 2. The number of nitrogens with one attached hydrogen (secondary N) is 1. The van der Waals surface area contributed by atoms with Gasteiger partial charge in [-0.25, -0.2) is 0 Å². The summed E-state index contributed by atoms with van der Waals surface area (Å²) >= 11 is 0. The molecule has 116 valence electrons. The Morgan fingerprint density at radius 2 is 2.24 bits per heavy atom. The van der Waals surface area contributed by atoms with Crippen LogP contribution in [0.15, 0.2) is 16.9 Å². The van der Waals surface area contributed by atoms with Crippen molar-refractivity contribution in [2.24, 2.45) is 0 Å². The number of rotatable bonds is 3. The quantitative estimate of drug-likeness (QED) is 0.901. The molecular formula is C15H22N2O4. The Hall–Kier alpha value is -1.66. The molecule has 1 amide bonds. The van der Waals surface area contributed by atoms with E-state index in [0.29, 0.717) is 19.7 Å². The lowest BCUT2D eigenvalue weighted by atomic mass is 10.0. The normalized spacial score (nSPS) is 21.3. The summed E-state index contributed by atoms with van der Waals surface area (Å²) in [6.07, 6.45) is -0.188. The van der Waals surface area contributed by atoms with Crippen molar-refractivity contribution in [3.63, 3.8) is 0 Å². The number of hydrogen-bond acceptors (Lipinski definition) is 4. The molecular weight excluding hydrogens is 272 g/mol. The molecule has 1 aromatic heterocycles. The van der Waals surface area contributed by atoms with Crippen LogP contribution in [0.3, 0.4) is 0 Å². The van der Waals surface area contributed by atoms with E-state index in [-0.39, 0.29) is 23.1 Å². The van der Waals surface area contributed by atoms with Gasteiger partial charge < -0.3 is 19.4 Å². The van der Waals surface area contributed by atoms with Gasteiger partial charge in [-0.15, -0.1) is 0 Å². The number of carbonyl (C=O) groups excluding carboxylic acids is 1. The number of H-pyrrole nitrogens is 1. The first-order valence-electron chi connectivity index (χ1n) is 6.98. The Bertz CT molecular complexity index is 579. The molecule has 0 bridgehead atoms. The number of aryl methyl sites for hydroxylation is 1. The Labute approximate surface area is 124 Å². The van der Waals surface area contributed by atoms with E-state index >= 15 is 0 Å². The molecule has 1 fully saturated rings. The van der Waals surface area contributed by atoms with E-state index in [0.717, 1.165) is 5.69 Å². The molecule has 21 heavy (non-hydrogen) atoms. The Kier molecular flexibility index (Phi) is 4.49. The zero-order valence-electron chi connectivity index (χ0n) is 12.9. The molecule has 1 N–H and O–H groups in total. The third kappa shape index (κ3) is 3.71. The summed E-state index contributed by atoms with van der Waals surface area (Å²) in [5, 5.41) is 0. The van der Waals surface area contributed by atoms with Gasteiger partial charge in [-0.05, 0) is 32.9 Å². The molecule has 1 aromatic rings. The van der Waals surface area contributed by atoms with Crippen LogP contribution in [0.4, 0.5) is 0 Å². The van der Waals surface area contributed by atoms with Crippen molar-refractivity contribution in [3.05, 3.63) is 33.7 Å². The number of aromatic amines is 1. The van der Waals surface area contributed by atoms with Gasteiger partial charge in [0.05, 0.1) is 18.3 Å². The van der Waals surface area contributed by atoms with Gasteiger partial charge in [-0.3, -0.25) is 9.59 Å². The van der Waals surface area contributed by atoms with Crippen molar-refractivity contribution in [3.8, 4) is 0 Å². The number of aromatic nitrogens is 1. The topological polar surface area (TPSA) is 71.6 Å². The fourth-order valence-corrected chi connectivity index (χ4v) is 2.63. The molecule has 0 aliphatic carbocycles. The van der Waals surface area contributed by atoms with E-state index in [1.54, 1.807) is 31.1 Å². The van der Waals surface area contributed by atoms with Gasteiger partial charge in [0, 0.05) is 25.9 Å². The van der Waals surface area contributed by atoms with Gasteiger partial charge in [0.25, 0.3) is 11.5 Å². The summed E-state index contributed by atoms with van der Waals surface area (Å²) in [7, 11) is 1.60. The molecule has 1 atom stereocenters. The second kappa shape index (κ2) is 5.99. The average molecular weight is 294 g/mol. The molecule has 0 spiro atoms. The Morgan fingerprint density at radius 1 is 1.52 bits per heavy atom. The highest BCUT2D eigenvalue weighted by Gasteiger charge is 2.36. The van der Waals surface area contributed by atoms with E-state index < -0.39 is 5.60 Å². The molecule has 6 nitrogen and oxygen atoms in total. The second-order valence-electron chi connectivity index (χ2n) is 6.02. The zero-order valence-corrected chi connectivity index (χ0v) is 12.9. The van der Waals surface area contributed by atoms with Gasteiger partial charge in [0.1, 0.15) is 5.56 Å². The largest absolute Gasteiger partial charge is 0.382 e. The van der Waals surface area contributed by atoms with Crippen molar-refractivity contribution < 1.29 is 14.3 Å². The minimum Gasteiger partial charge on any atom is -0.382 e. The summed E-state index contributed by atoms with van der Waals surface area (Å²) < 4.78 is 11.0. The number of methoxy groups -OCH3 is 1. The predicted octanol–water partition coefficient (Wildman–Crippen LogP) is 0.949. The lowest BCUT2D eigenvalue weighted by molar-refractivity contribution is -0.143. The van der Waals surface area contributed by atoms with Crippen molar-refractivity contribution >= 4 is 5.91 Å². The molecule has 2 rings (SSSR count). The first-order valence-corrected chi connectivity index (χ1v) is 6.98. The smallest absolute Gasteiger partial charge is 0.260 e. The van der Waals surface area contributed by atoms with Crippen LogP contribution in [-0.2, 0) is 9.47 Å². The highest BCUT2D eigenvalue weighted by atomic mass is 16.5. The standard InChI is InChI=1S/C15H22N2O4/c1-10-5-6-12(13(18)16-10)14(19)17-7-11(8-20-4)21-15(2,3)9-17/h5-6,11H,7-9H2,1-4H3,(H,16,18). The molecule has 6 heteroatoms. The predicted molar refractivity (Wildman–Crippen MR) is 78.5 cm³/mol. The molecule has 1 unspecified atom stereocenters. The van der Waals surface area contributed by atoms with Crippen molar-refractivity contribution in [1.82, 2.24) is 9.88 Å². The van der Waals surface area contributed by atoms with Gasteiger partial charge in [0.2, 0.25) is 0 Å². The maximum Gasteiger partial charge on any atom is 0.260 e. The van der Waals surface area contributed by atoms with Crippen LogP contribution in [0.2, 0.25) is 0 Å². The van der Waals surface area contributed by atoms with Crippen LogP contribution < -0.4 is 5.56 Å². The van der Waals surface area contributed by atoms with Crippen LogP contribution in [0.5, 0.6) is 0 Å². The molecule has 1 aliphatic heterocycles. The molecule has 1 aliphatic rings. The first kappa shape index (κ1) is 15.7. The molecule has 2 heterocycles. The van der Waals surface area contributed by atoms with Crippen molar-refractivity contribution in [2.45, 2.75) is 32.5 Å². The fourth-order valence-electron chi connectivity index (χ4n) is 2.63. The van der Waals surface area contributed by atoms with Gasteiger partial charge in [-0.1, -0.05) is 0 Å². The fraction of sp³-hybridized carbons (Fsp3) is 0.600. The number of amides is 1. The molecule has 0 radical (unpaired) electrons. The zero-order chi connectivity index (χ0) is 15.6. The SMILES string of the molecule is COCC1CN(C(=O)c2ccc(C)[nH]c2=O)CC(C)(C)O1. The maximum atomic E-state index is 12.6. The minimum absolute atomic E-state index is 0.162. The second-order valence-corrected chi connectivity index (χ2v) is 6.02. The highest BCUT2D eigenvalue weighted by molar-refractivity contribution is 5.94. The van der Waals surface area contributed by atoms with E-state index in [9.17, 15) is 9.59 Å². The van der Waals surface area contributed by atoms with E-state index in [2.05, 4.69) is 4.98 Å². The first-order chi connectivity index (χ1) is 9.82. The van der Waals surface area contributed by atoms with E-state index in [1.807, 2.05) is 13.8 Å². The lowest BCUT2D eigenvalue weighted by Crippen LogP contribution is -2.56. The van der Waals surface area contributed by atoms with Crippen molar-refractivity contribution in [1.29, 1.82) is 0 Å². The monoisotopic (exact) mass is 294 g/mol.